The molecule has 0 spiro atoms. The van der Waals surface area contributed by atoms with Crippen molar-refractivity contribution in [3.63, 3.8) is 0 Å². The molecular formula is C6H10. The molecule has 34 valence electrons. The van der Waals surface area contributed by atoms with E-state index in [9.17, 15) is 0 Å². The van der Waals surface area contributed by atoms with Gasteiger partial charge in [0.15, 0.2) is 0 Å². The predicted molar refractivity (Wildman–Crippen MR) is 28.3 cm³/mol. The Hall–Kier alpha value is -0.260. The van der Waals surface area contributed by atoms with Gasteiger partial charge in [0.1, 0.15) is 0 Å². The van der Waals surface area contributed by atoms with Crippen molar-refractivity contribution < 1.29 is 0 Å². The third-order valence-electron chi connectivity index (χ3n) is 0.815. The quantitative estimate of drug-likeness (QED) is 0.425. The highest BCUT2D eigenvalue weighted by atomic mass is 13.8. The fraction of sp³-hybridized carbons (Fsp3) is 0.500. The Morgan fingerprint density at radius 1 is 1.83 bits per heavy atom. The molecule has 0 fully saturated rings. The first-order chi connectivity index (χ1) is 2.81. The highest BCUT2D eigenvalue weighted by Crippen LogP contribution is 1.93. The molecule has 0 aliphatic carbocycles. The Balaban J connectivity index is 3.22. The summed E-state index contributed by atoms with van der Waals surface area (Å²) in [5.74, 6) is 0. The first kappa shape index (κ1) is 5.74. The van der Waals surface area contributed by atoms with Crippen molar-refractivity contribution in [1.29, 1.82) is 0 Å². The summed E-state index contributed by atoms with van der Waals surface area (Å²) in [5, 5.41) is 0. The van der Waals surface area contributed by atoms with Crippen LogP contribution in [0.1, 0.15) is 20.3 Å². The van der Waals surface area contributed by atoms with E-state index in [1.807, 2.05) is 19.9 Å². The van der Waals surface area contributed by atoms with Gasteiger partial charge in [-0.05, 0) is 27.2 Å². The van der Waals surface area contributed by atoms with Crippen molar-refractivity contribution in [2.24, 2.45) is 0 Å². The summed E-state index contributed by atoms with van der Waals surface area (Å²) in [6.07, 6.45) is 2.70. The maximum absolute atomic E-state index is 5.21. The zero-order chi connectivity index (χ0) is 4.99. The Morgan fingerprint density at radius 2 is 2.33 bits per heavy atom. The summed E-state index contributed by atoms with van der Waals surface area (Å²) in [7, 11) is 0. The van der Waals surface area contributed by atoms with E-state index in [0.717, 1.165) is 0 Å². The Kier molecular flexibility index (Phi) is 2.82. The van der Waals surface area contributed by atoms with E-state index in [1.165, 1.54) is 5.57 Å². The van der Waals surface area contributed by atoms with E-state index in [0.29, 0.717) is 6.42 Å². The molecule has 0 aromatic rings. The predicted octanol–water partition coefficient (Wildman–Crippen LogP) is 2.05. The van der Waals surface area contributed by atoms with Crippen LogP contribution in [0.25, 0.3) is 0 Å². The lowest BCUT2D eigenvalue weighted by Crippen LogP contribution is -1.64. The summed E-state index contributed by atoms with van der Waals surface area (Å²) in [6, 6.07) is 0. The first-order valence-corrected chi connectivity index (χ1v) is 2.13. The average Bonchev–Trinajstić information content (AvgIpc) is 1.65. The Morgan fingerprint density at radius 3 is 2.33 bits per heavy atom. The highest BCUT2D eigenvalue weighted by molar-refractivity contribution is 4.95. The number of hydrogen-bond acceptors (Lipinski definition) is 0. The fourth-order valence-corrected chi connectivity index (χ4v) is 0.118. The highest BCUT2D eigenvalue weighted by Gasteiger charge is 1.73. The van der Waals surface area contributed by atoms with Crippen molar-refractivity contribution in [1.82, 2.24) is 0 Å². The number of rotatable bonds is 1. The van der Waals surface area contributed by atoms with E-state index in [4.69, 9.17) is 6.92 Å². The fourth-order valence-electron chi connectivity index (χ4n) is 0.118. The lowest BCUT2D eigenvalue weighted by molar-refractivity contribution is 1.20. The van der Waals surface area contributed by atoms with Gasteiger partial charge in [0.2, 0.25) is 0 Å². The third kappa shape index (κ3) is 2.01. The minimum Gasteiger partial charge on any atom is -0.0887 e. The molecule has 0 nitrogen and oxygen atoms in total. The minimum atomic E-state index is 0.691. The normalized spacial score (nSPS) is 12.2. The zero-order valence-electron chi connectivity index (χ0n) is 4.36. The summed E-state index contributed by atoms with van der Waals surface area (Å²) in [4.78, 5) is 0. The van der Waals surface area contributed by atoms with E-state index in [2.05, 4.69) is 0 Å². The van der Waals surface area contributed by atoms with E-state index >= 15 is 0 Å². The van der Waals surface area contributed by atoms with Crippen molar-refractivity contribution >= 4 is 0 Å². The molecule has 0 saturated heterocycles. The second-order valence-electron chi connectivity index (χ2n) is 1.34. The smallest absolute Gasteiger partial charge is 0.0289 e. The van der Waals surface area contributed by atoms with Gasteiger partial charge in [-0.3, -0.25) is 0 Å². The molecule has 0 rings (SSSR count). The van der Waals surface area contributed by atoms with Crippen molar-refractivity contribution in [2.45, 2.75) is 20.3 Å². The SMILES string of the molecule is [CH]C/C(C)=C/C. The average molecular weight is 82.1 g/mol. The van der Waals surface area contributed by atoms with E-state index in [1.54, 1.807) is 0 Å². The van der Waals surface area contributed by atoms with E-state index in [-0.39, 0.29) is 0 Å². The molecule has 0 N–H and O–H groups in total. The molecule has 0 aromatic carbocycles. The van der Waals surface area contributed by atoms with Gasteiger partial charge in [-0.25, -0.2) is 0 Å². The molecule has 0 unspecified atom stereocenters. The van der Waals surface area contributed by atoms with Gasteiger partial charge in [-0.1, -0.05) is 11.6 Å². The van der Waals surface area contributed by atoms with Crippen LogP contribution in [0.2, 0.25) is 0 Å². The number of allylic oxidation sites excluding steroid dienone is 2. The maximum Gasteiger partial charge on any atom is -0.0289 e. The summed E-state index contributed by atoms with van der Waals surface area (Å²) in [5.41, 5.74) is 1.25. The molecule has 0 heterocycles. The first-order valence-electron chi connectivity index (χ1n) is 2.13. The monoisotopic (exact) mass is 82.1 g/mol. The minimum absolute atomic E-state index is 0.691. The Bertz CT molecular complexity index is 51.1. The topological polar surface area (TPSA) is 0 Å². The zero-order valence-corrected chi connectivity index (χ0v) is 4.36. The molecule has 2 radical (unpaired) electrons. The van der Waals surface area contributed by atoms with Crippen LogP contribution in [0.5, 0.6) is 0 Å². The lowest BCUT2D eigenvalue weighted by atomic mass is 10.2. The van der Waals surface area contributed by atoms with Gasteiger partial charge in [-0.2, -0.15) is 0 Å². The molecule has 0 aliphatic rings. The molecule has 0 atom stereocenters. The van der Waals surface area contributed by atoms with Gasteiger partial charge in [-0.15, -0.1) is 0 Å². The lowest BCUT2D eigenvalue weighted by Gasteiger charge is -1.84. The summed E-state index contributed by atoms with van der Waals surface area (Å²) >= 11 is 0. The van der Waals surface area contributed by atoms with Crippen molar-refractivity contribution in [3.05, 3.63) is 18.6 Å². The van der Waals surface area contributed by atoms with Gasteiger partial charge in [0.05, 0.1) is 0 Å². The molecule has 6 heavy (non-hydrogen) atoms. The molecule has 0 saturated carbocycles. The van der Waals surface area contributed by atoms with Gasteiger partial charge in [0, 0.05) is 0 Å². The van der Waals surface area contributed by atoms with Crippen LogP contribution < -0.4 is 0 Å². The molecular weight excluding hydrogens is 72.1 g/mol. The summed E-state index contributed by atoms with van der Waals surface area (Å²) < 4.78 is 0. The number of hydrogen-bond donors (Lipinski definition) is 0. The maximum atomic E-state index is 5.21. The van der Waals surface area contributed by atoms with Gasteiger partial charge in [0.25, 0.3) is 0 Å². The van der Waals surface area contributed by atoms with Crippen LogP contribution in [0, 0.1) is 6.92 Å². The largest absolute Gasteiger partial charge is 0.0887 e. The van der Waals surface area contributed by atoms with Crippen LogP contribution in [-0.2, 0) is 0 Å². The Labute approximate surface area is 39.9 Å². The van der Waals surface area contributed by atoms with E-state index < -0.39 is 0 Å². The molecule has 0 amide bonds. The van der Waals surface area contributed by atoms with Gasteiger partial charge >= 0.3 is 0 Å². The van der Waals surface area contributed by atoms with Crippen LogP contribution in [0.3, 0.4) is 0 Å². The second-order valence-corrected chi connectivity index (χ2v) is 1.34. The van der Waals surface area contributed by atoms with Crippen LogP contribution in [0.4, 0.5) is 0 Å². The van der Waals surface area contributed by atoms with Crippen LogP contribution >= 0.6 is 0 Å². The van der Waals surface area contributed by atoms with Crippen LogP contribution in [-0.4, -0.2) is 0 Å². The molecule has 0 aromatic heterocycles. The summed E-state index contributed by atoms with van der Waals surface area (Å²) in [6.45, 7) is 9.22. The standard InChI is InChI=1S/C6H10/c1-4-6(3)5-2/h1,5H,4H2,2-3H3/b6-5+. The molecule has 0 bridgehead atoms. The third-order valence-corrected chi connectivity index (χ3v) is 0.815. The second kappa shape index (κ2) is 2.95. The van der Waals surface area contributed by atoms with Gasteiger partial charge < -0.3 is 0 Å². The van der Waals surface area contributed by atoms with Crippen LogP contribution in [0.15, 0.2) is 11.6 Å². The molecule has 0 aliphatic heterocycles. The van der Waals surface area contributed by atoms with Crippen molar-refractivity contribution in [2.75, 3.05) is 0 Å². The molecule has 0 heteroatoms. The van der Waals surface area contributed by atoms with Crippen molar-refractivity contribution in [3.8, 4) is 0 Å².